The Morgan fingerprint density at radius 1 is 1.15 bits per heavy atom. The normalized spacial score (nSPS) is 20.6. The summed E-state index contributed by atoms with van der Waals surface area (Å²) in [6.45, 7) is 2.20. The number of hydrogen-bond donors (Lipinski definition) is 1. The van der Waals surface area contributed by atoms with E-state index < -0.39 is 6.61 Å². The first-order valence-electron chi connectivity index (χ1n) is 9.78. The number of ether oxygens (including phenoxy) is 3. The van der Waals surface area contributed by atoms with Gasteiger partial charge in [0.25, 0.3) is 0 Å². The molecule has 1 aromatic rings. The Morgan fingerprint density at radius 3 is 2.56 bits per heavy atom. The fourth-order valence-electron chi connectivity index (χ4n) is 4.31. The monoisotopic (exact) mass is 384 g/mol. The largest absolute Gasteiger partial charge is 0.493 e. The predicted octanol–water partition coefficient (Wildman–Crippen LogP) is 3.42. The smallest absolute Gasteiger partial charge is 0.387 e. The number of nitrogens with one attached hydrogen (secondary N) is 1. The van der Waals surface area contributed by atoms with E-state index in [-0.39, 0.29) is 11.3 Å². The van der Waals surface area contributed by atoms with Gasteiger partial charge in [-0.1, -0.05) is 25.3 Å². The lowest BCUT2D eigenvalue weighted by molar-refractivity contribution is -0.0512. The van der Waals surface area contributed by atoms with Crippen molar-refractivity contribution in [2.45, 2.75) is 50.8 Å². The molecule has 27 heavy (non-hydrogen) atoms. The van der Waals surface area contributed by atoms with Crippen molar-refractivity contribution in [3.8, 4) is 11.5 Å². The van der Waals surface area contributed by atoms with Gasteiger partial charge in [0.2, 0.25) is 0 Å². The number of alkyl halides is 2. The lowest BCUT2D eigenvalue weighted by Crippen LogP contribution is -2.59. The lowest BCUT2D eigenvalue weighted by atomic mass is 9.79. The van der Waals surface area contributed by atoms with E-state index in [9.17, 15) is 8.78 Å². The van der Waals surface area contributed by atoms with Gasteiger partial charge in [-0.25, -0.2) is 0 Å². The summed E-state index contributed by atoms with van der Waals surface area (Å²) in [5, 5.41) is 3.56. The van der Waals surface area contributed by atoms with Crippen molar-refractivity contribution in [2.24, 2.45) is 0 Å². The van der Waals surface area contributed by atoms with E-state index in [4.69, 9.17) is 9.47 Å². The minimum absolute atomic E-state index is 0.0763. The van der Waals surface area contributed by atoms with Crippen LogP contribution in [-0.4, -0.2) is 57.0 Å². The highest BCUT2D eigenvalue weighted by Gasteiger charge is 2.38. The van der Waals surface area contributed by atoms with E-state index in [1.807, 2.05) is 6.07 Å². The van der Waals surface area contributed by atoms with Crippen molar-refractivity contribution in [2.75, 3.05) is 40.0 Å². The zero-order valence-electron chi connectivity index (χ0n) is 16.0. The summed E-state index contributed by atoms with van der Waals surface area (Å²) in [4.78, 5) is 2.59. The first kappa shape index (κ1) is 20.3. The first-order chi connectivity index (χ1) is 13.1. The molecule has 0 unspecified atom stereocenters. The van der Waals surface area contributed by atoms with E-state index in [1.54, 1.807) is 12.1 Å². The van der Waals surface area contributed by atoms with Gasteiger partial charge in [-0.15, -0.1) is 0 Å². The van der Waals surface area contributed by atoms with Crippen LogP contribution in [-0.2, 0) is 11.3 Å². The molecule has 2 fully saturated rings. The van der Waals surface area contributed by atoms with Crippen molar-refractivity contribution in [1.29, 1.82) is 0 Å². The molecule has 7 heteroatoms. The highest BCUT2D eigenvalue weighted by Crippen LogP contribution is 2.34. The summed E-state index contributed by atoms with van der Waals surface area (Å²) in [6.07, 6.45) is 6.21. The minimum atomic E-state index is -2.87. The van der Waals surface area contributed by atoms with E-state index in [0.717, 1.165) is 38.4 Å². The Balaban J connectivity index is 1.62. The molecule has 0 aromatic heterocycles. The Hall–Kier alpha value is -1.44. The maximum Gasteiger partial charge on any atom is 0.387 e. The Kier molecular flexibility index (Phi) is 7.26. The molecule has 5 nitrogen and oxygen atoms in total. The van der Waals surface area contributed by atoms with Crippen LogP contribution in [0.1, 0.15) is 37.7 Å². The standard InChI is InChI=1S/C20H30F2N2O3/c1-25-17-6-5-16(13-18(17)27-19(21)22)14-23-15-20(7-3-2-4-8-20)24-9-11-26-12-10-24/h5-6,13,19,23H,2-4,7-12,14-15H2,1H3. The maximum absolute atomic E-state index is 12.6. The van der Waals surface area contributed by atoms with Gasteiger partial charge in [0.05, 0.1) is 20.3 Å². The van der Waals surface area contributed by atoms with Gasteiger partial charge in [-0.3, -0.25) is 4.90 Å². The van der Waals surface area contributed by atoms with Crippen LogP contribution in [0, 0.1) is 0 Å². The predicted molar refractivity (Wildman–Crippen MR) is 99.5 cm³/mol. The Bertz CT molecular complexity index is 589. The van der Waals surface area contributed by atoms with Gasteiger partial charge in [0.15, 0.2) is 11.5 Å². The second-order valence-electron chi connectivity index (χ2n) is 7.35. The average molecular weight is 384 g/mol. The van der Waals surface area contributed by atoms with Gasteiger partial charge >= 0.3 is 6.61 Å². The molecule has 0 radical (unpaired) electrons. The highest BCUT2D eigenvalue weighted by molar-refractivity contribution is 5.43. The van der Waals surface area contributed by atoms with Crippen LogP contribution in [0.2, 0.25) is 0 Å². The molecule has 3 rings (SSSR count). The molecule has 152 valence electrons. The van der Waals surface area contributed by atoms with Crippen molar-refractivity contribution >= 4 is 0 Å². The molecule has 1 aliphatic heterocycles. The quantitative estimate of drug-likeness (QED) is 0.744. The molecule has 1 N–H and O–H groups in total. The van der Waals surface area contributed by atoms with Gasteiger partial charge in [0, 0.05) is 31.7 Å². The van der Waals surface area contributed by atoms with E-state index in [2.05, 4.69) is 15.0 Å². The van der Waals surface area contributed by atoms with Crippen LogP contribution >= 0.6 is 0 Å². The summed E-state index contributed by atoms with van der Waals surface area (Å²) < 4.78 is 40.4. The van der Waals surface area contributed by atoms with Gasteiger partial charge in [0.1, 0.15) is 0 Å². The molecular weight excluding hydrogens is 354 g/mol. The lowest BCUT2D eigenvalue weighted by Gasteiger charge is -2.48. The molecule has 0 bridgehead atoms. The molecule has 0 atom stereocenters. The molecule has 2 aliphatic rings. The molecule has 1 saturated carbocycles. The molecule has 1 heterocycles. The number of methoxy groups -OCH3 is 1. The third-order valence-corrected chi connectivity index (χ3v) is 5.69. The van der Waals surface area contributed by atoms with Crippen LogP contribution in [0.3, 0.4) is 0 Å². The fraction of sp³-hybridized carbons (Fsp3) is 0.700. The van der Waals surface area contributed by atoms with E-state index >= 15 is 0 Å². The third kappa shape index (κ3) is 5.30. The highest BCUT2D eigenvalue weighted by atomic mass is 19.3. The van der Waals surface area contributed by atoms with Gasteiger partial charge < -0.3 is 19.5 Å². The molecule has 0 spiro atoms. The number of nitrogens with zero attached hydrogens (tertiary/aromatic N) is 1. The SMILES string of the molecule is COc1ccc(CNCC2(N3CCOCC3)CCCCC2)cc1OC(F)F. The Labute approximate surface area is 160 Å². The van der Waals surface area contributed by atoms with Crippen molar-refractivity contribution < 1.29 is 23.0 Å². The zero-order chi connectivity index (χ0) is 19.1. The van der Waals surface area contributed by atoms with Crippen molar-refractivity contribution in [1.82, 2.24) is 10.2 Å². The zero-order valence-corrected chi connectivity index (χ0v) is 16.0. The molecular formula is C20H30F2N2O3. The number of hydrogen-bond acceptors (Lipinski definition) is 5. The second-order valence-corrected chi connectivity index (χ2v) is 7.35. The van der Waals surface area contributed by atoms with Crippen LogP contribution in [0.15, 0.2) is 18.2 Å². The topological polar surface area (TPSA) is 43.0 Å². The fourth-order valence-corrected chi connectivity index (χ4v) is 4.31. The first-order valence-corrected chi connectivity index (χ1v) is 9.78. The summed E-state index contributed by atoms with van der Waals surface area (Å²) in [7, 11) is 1.45. The second kappa shape index (κ2) is 9.66. The molecule has 1 aliphatic carbocycles. The summed E-state index contributed by atoms with van der Waals surface area (Å²) in [5.74, 6) is 0.392. The van der Waals surface area contributed by atoms with Crippen LogP contribution in [0.25, 0.3) is 0 Å². The number of morpholine rings is 1. The Morgan fingerprint density at radius 2 is 1.89 bits per heavy atom. The van der Waals surface area contributed by atoms with E-state index in [0.29, 0.717) is 12.3 Å². The minimum Gasteiger partial charge on any atom is -0.493 e. The van der Waals surface area contributed by atoms with Crippen LogP contribution in [0.5, 0.6) is 11.5 Å². The van der Waals surface area contributed by atoms with E-state index in [1.165, 1.54) is 39.2 Å². The van der Waals surface area contributed by atoms with Gasteiger partial charge in [-0.05, 0) is 30.5 Å². The number of halogens is 2. The van der Waals surface area contributed by atoms with Crippen molar-refractivity contribution in [3.63, 3.8) is 0 Å². The summed E-state index contributed by atoms with van der Waals surface area (Å²) in [6, 6.07) is 5.18. The number of rotatable bonds is 8. The summed E-state index contributed by atoms with van der Waals surface area (Å²) >= 11 is 0. The molecule has 0 amide bonds. The van der Waals surface area contributed by atoms with Crippen LogP contribution < -0.4 is 14.8 Å². The third-order valence-electron chi connectivity index (χ3n) is 5.69. The molecule has 1 saturated heterocycles. The van der Waals surface area contributed by atoms with Gasteiger partial charge in [-0.2, -0.15) is 8.78 Å². The summed E-state index contributed by atoms with van der Waals surface area (Å²) in [5.41, 5.74) is 1.08. The average Bonchev–Trinajstić information content (AvgIpc) is 2.69. The van der Waals surface area contributed by atoms with Crippen molar-refractivity contribution in [3.05, 3.63) is 23.8 Å². The number of benzene rings is 1. The maximum atomic E-state index is 12.6. The molecule has 1 aromatic carbocycles. The van der Waals surface area contributed by atoms with Crippen LogP contribution in [0.4, 0.5) is 8.78 Å².